The standard InChI is InChI=1S/C13H10BrN3O6/c1-15-11(19)7(12(20)16(2)13(15)21)3-6-4-8(14)10(18)9(5-6)17(22)23/h3-5,18H,1-2H3. The number of halogens is 1. The summed E-state index contributed by atoms with van der Waals surface area (Å²) in [6.07, 6.45) is 1.13. The minimum absolute atomic E-state index is 0.0343. The Labute approximate surface area is 138 Å². The van der Waals surface area contributed by atoms with Crippen LogP contribution in [0.1, 0.15) is 5.56 Å². The van der Waals surface area contributed by atoms with E-state index in [1.54, 1.807) is 0 Å². The summed E-state index contributed by atoms with van der Waals surface area (Å²) in [6.45, 7) is 0. The number of phenolic OH excluding ortho intramolecular Hbond substituents is 1. The predicted molar refractivity (Wildman–Crippen MR) is 81.4 cm³/mol. The molecule has 1 aromatic carbocycles. The Morgan fingerprint density at radius 2 is 1.70 bits per heavy atom. The number of barbiturate groups is 1. The number of hydrogen-bond donors (Lipinski definition) is 1. The molecule has 2 rings (SSSR count). The third kappa shape index (κ3) is 2.80. The largest absolute Gasteiger partial charge is 0.501 e. The van der Waals surface area contributed by atoms with E-state index in [4.69, 9.17) is 0 Å². The zero-order valence-corrected chi connectivity index (χ0v) is 13.5. The van der Waals surface area contributed by atoms with Crippen molar-refractivity contribution in [1.82, 2.24) is 9.80 Å². The summed E-state index contributed by atoms with van der Waals surface area (Å²) in [6, 6.07) is 1.56. The van der Waals surface area contributed by atoms with Crippen molar-refractivity contribution in [3.05, 3.63) is 37.9 Å². The van der Waals surface area contributed by atoms with Crippen LogP contribution in [0.25, 0.3) is 6.08 Å². The molecule has 0 aromatic heterocycles. The van der Waals surface area contributed by atoms with Crippen LogP contribution in [0.2, 0.25) is 0 Å². The van der Waals surface area contributed by atoms with Crippen molar-refractivity contribution >= 4 is 45.5 Å². The van der Waals surface area contributed by atoms with Crippen molar-refractivity contribution < 1.29 is 24.4 Å². The van der Waals surface area contributed by atoms with Crippen molar-refractivity contribution in [3.63, 3.8) is 0 Å². The lowest BCUT2D eigenvalue weighted by molar-refractivity contribution is -0.386. The summed E-state index contributed by atoms with van der Waals surface area (Å²) in [5.41, 5.74) is -0.754. The van der Waals surface area contributed by atoms with E-state index in [0.29, 0.717) is 0 Å². The van der Waals surface area contributed by atoms with E-state index >= 15 is 0 Å². The lowest BCUT2D eigenvalue weighted by Gasteiger charge is -2.28. The van der Waals surface area contributed by atoms with Crippen LogP contribution in [0.5, 0.6) is 5.75 Å². The van der Waals surface area contributed by atoms with E-state index in [2.05, 4.69) is 15.9 Å². The SMILES string of the molecule is CN1C(=O)C(=Cc2cc(Br)c(O)c([N+](=O)[O-])c2)C(=O)N(C)C1=O. The van der Waals surface area contributed by atoms with Crippen LogP contribution < -0.4 is 0 Å². The second-order valence-corrected chi connectivity index (χ2v) is 5.55. The Bertz CT molecular complexity index is 762. The van der Waals surface area contributed by atoms with Gasteiger partial charge in [-0.15, -0.1) is 0 Å². The molecular formula is C13H10BrN3O6. The van der Waals surface area contributed by atoms with Gasteiger partial charge in [0.1, 0.15) is 5.57 Å². The molecule has 0 bridgehead atoms. The van der Waals surface area contributed by atoms with Crippen LogP contribution in [-0.2, 0) is 9.59 Å². The average molecular weight is 384 g/mol. The molecule has 1 N–H and O–H groups in total. The third-order valence-electron chi connectivity index (χ3n) is 3.22. The maximum atomic E-state index is 12.1. The summed E-state index contributed by atoms with van der Waals surface area (Å²) < 4.78 is 0.0343. The number of amides is 4. The summed E-state index contributed by atoms with van der Waals surface area (Å²) in [5.74, 6) is -2.20. The van der Waals surface area contributed by atoms with E-state index in [0.717, 1.165) is 21.9 Å². The number of carbonyl (C=O) groups excluding carboxylic acids is 3. The highest BCUT2D eigenvalue weighted by Gasteiger charge is 2.37. The highest BCUT2D eigenvalue weighted by atomic mass is 79.9. The van der Waals surface area contributed by atoms with E-state index in [1.807, 2.05) is 0 Å². The number of nitro groups is 1. The van der Waals surface area contributed by atoms with E-state index < -0.39 is 34.2 Å². The first-order valence-electron chi connectivity index (χ1n) is 6.13. The van der Waals surface area contributed by atoms with E-state index in [1.165, 1.54) is 20.2 Å². The highest BCUT2D eigenvalue weighted by Crippen LogP contribution is 2.35. The first-order valence-corrected chi connectivity index (χ1v) is 6.93. The fraction of sp³-hybridized carbons (Fsp3) is 0.154. The number of nitro benzene ring substituents is 1. The number of carbonyl (C=O) groups is 3. The number of hydrogen-bond acceptors (Lipinski definition) is 6. The molecular weight excluding hydrogens is 374 g/mol. The quantitative estimate of drug-likeness (QED) is 0.357. The van der Waals surface area contributed by atoms with Crippen molar-refractivity contribution in [3.8, 4) is 5.75 Å². The maximum Gasteiger partial charge on any atom is 0.333 e. The molecule has 0 spiro atoms. The van der Waals surface area contributed by atoms with Gasteiger partial charge >= 0.3 is 11.7 Å². The minimum atomic E-state index is -0.815. The summed E-state index contributed by atoms with van der Waals surface area (Å²) >= 11 is 2.97. The van der Waals surface area contributed by atoms with Gasteiger partial charge in [-0.25, -0.2) is 4.79 Å². The normalized spacial score (nSPS) is 15.3. The molecule has 120 valence electrons. The van der Waals surface area contributed by atoms with E-state index in [-0.39, 0.29) is 15.6 Å². The monoisotopic (exact) mass is 383 g/mol. The molecule has 1 aliphatic rings. The van der Waals surface area contributed by atoms with Crippen LogP contribution >= 0.6 is 15.9 Å². The van der Waals surface area contributed by atoms with Crippen LogP contribution in [0.15, 0.2) is 22.2 Å². The number of phenols is 1. The van der Waals surface area contributed by atoms with Crippen molar-refractivity contribution in [2.75, 3.05) is 14.1 Å². The van der Waals surface area contributed by atoms with E-state index in [9.17, 15) is 29.6 Å². The first-order chi connectivity index (χ1) is 10.6. The smallest absolute Gasteiger partial charge is 0.333 e. The minimum Gasteiger partial charge on any atom is -0.501 e. The topological polar surface area (TPSA) is 121 Å². The fourth-order valence-corrected chi connectivity index (χ4v) is 2.44. The first kappa shape index (κ1) is 16.6. The number of nitrogens with zero attached hydrogens (tertiary/aromatic N) is 3. The Morgan fingerprint density at radius 3 is 2.17 bits per heavy atom. The molecule has 1 aromatic rings. The number of urea groups is 1. The number of rotatable bonds is 2. The molecule has 9 nitrogen and oxygen atoms in total. The summed E-state index contributed by atoms with van der Waals surface area (Å²) in [5, 5.41) is 20.5. The highest BCUT2D eigenvalue weighted by molar-refractivity contribution is 9.10. The molecule has 1 aliphatic heterocycles. The van der Waals surface area contributed by atoms with Crippen LogP contribution in [0.3, 0.4) is 0 Å². The Kier molecular flexibility index (Phi) is 4.19. The molecule has 0 radical (unpaired) electrons. The Morgan fingerprint density at radius 1 is 1.17 bits per heavy atom. The Hall–Kier alpha value is -2.75. The second kappa shape index (κ2) is 5.80. The molecule has 1 fully saturated rings. The average Bonchev–Trinajstić information content (AvgIpc) is 2.50. The van der Waals surface area contributed by atoms with Gasteiger partial charge < -0.3 is 5.11 Å². The zero-order valence-electron chi connectivity index (χ0n) is 11.9. The van der Waals surface area contributed by atoms with Gasteiger partial charge in [-0.2, -0.15) is 0 Å². The van der Waals surface area contributed by atoms with Gasteiger partial charge in [-0.05, 0) is 33.6 Å². The van der Waals surface area contributed by atoms with Gasteiger partial charge in [0.05, 0.1) is 9.40 Å². The fourth-order valence-electron chi connectivity index (χ4n) is 1.97. The molecule has 0 atom stereocenters. The van der Waals surface area contributed by atoms with Gasteiger partial charge in [0.25, 0.3) is 11.8 Å². The van der Waals surface area contributed by atoms with Crippen molar-refractivity contribution in [2.45, 2.75) is 0 Å². The molecule has 10 heteroatoms. The number of likely N-dealkylation sites (N-methyl/N-ethyl adjacent to an activating group) is 2. The molecule has 1 heterocycles. The third-order valence-corrected chi connectivity index (χ3v) is 3.82. The number of benzene rings is 1. The molecule has 0 aliphatic carbocycles. The molecule has 1 saturated heterocycles. The number of imide groups is 2. The van der Waals surface area contributed by atoms with Crippen molar-refractivity contribution in [1.29, 1.82) is 0 Å². The van der Waals surface area contributed by atoms with Crippen molar-refractivity contribution in [2.24, 2.45) is 0 Å². The van der Waals surface area contributed by atoms with Crippen LogP contribution in [0, 0.1) is 10.1 Å². The maximum absolute atomic E-state index is 12.1. The second-order valence-electron chi connectivity index (χ2n) is 4.70. The van der Waals surface area contributed by atoms with Gasteiger partial charge in [0.2, 0.25) is 5.75 Å². The number of aromatic hydroxyl groups is 1. The summed E-state index contributed by atoms with van der Waals surface area (Å²) in [7, 11) is 2.44. The van der Waals surface area contributed by atoms with Crippen LogP contribution in [-0.4, -0.2) is 51.8 Å². The van der Waals surface area contributed by atoms with Gasteiger partial charge in [-0.3, -0.25) is 29.5 Å². The van der Waals surface area contributed by atoms with Gasteiger partial charge in [0, 0.05) is 20.2 Å². The van der Waals surface area contributed by atoms with Crippen LogP contribution in [0.4, 0.5) is 10.5 Å². The lowest BCUT2D eigenvalue weighted by Crippen LogP contribution is -2.52. The molecule has 0 saturated carbocycles. The van der Waals surface area contributed by atoms with Gasteiger partial charge in [0.15, 0.2) is 0 Å². The Balaban J connectivity index is 2.57. The predicted octanol–water partition coefficient (Wildman–Crippen LogP) is 1.50. The summed E-state index contributed by atoms with van der Waals surface area (Å²) in [4.78, 5) is 47.4. The lowest BCUT2D eigenvalue weighted by atomic mass is 10.1. The zero-order chi connectivity index (χ0) is 17.5. The van der Waals surface area contributed by atoms with Gasteiger partial charge in [-0.1, -0.05) is 0 Å². The molecule has 23 heavy (non-hydrogen) atoms. The molecule has 4 amide bonds. The molecule has 0 unspecified atom stereocenters.